The fraction of sp³-hybridized carbons (Fsp3) is 1.00. The minimum absolute atomic E-state index is 0.787. The Morgan fingerprint density at radius 3 is 2.53 bits per heavy atom. The highest BCUT2D eigenvalue weighted by Gasteiger charge is 2.66. The Labute approximate surface area is 105 Å². The van der Waals surface area contributed by atoms with Crippen LogP contribution < -0.4 is 5.32 Å². The van der Waals surface area contributed by atoms with E-state index in [4.69, 9.17) is 0 Å². The molecule has 5 unspecified atom stereocenters. The summed E-state index contributed by atoms with van der Waals surface area (Å²) in [6, 6.07) is 1.80. The molecule has 1 heterocycles. The number of nitrogens with one attached hydrogen (secondary N) is 1. The lowest BCUT2D eigenvalue weighted by atomic mass is 10.0. The normalized spacial score (nSPS) is 53.5. The second-order valence-corrected chi connectivity index (χ2v) is 6.86. The molecular weight excluding hydrogens is 208 g/mol. The van der Waals surface area contributed by atoms with Crippen molar-refractivity contribution in [3.05, 3.63) is 0 Å². The fourth-order valence-electron chi connectivity index (χ4n) is 5.36. The molecule has 2 nitrogen and oxygen atoms in total. The van der Waals surface area contributed by atoms with Crippen LogP contribution in [0.1, 0.15) is 39.0 Å². The number of rotatable bonds is 2. The molecule has 96 valence electrons. The van der Waals surface area contributed by atoms with Crippen LogP contribution in [-0.4, -0.2) is 36.6 Å². The van der Waals surface area contributed by atoms with Gasteiger partial charge in [0, 0.05) is 25.2 Å². The maximum atomic E-state index is 3.71. The second-order valence-electron chi connectivity index (χ2n) is 6.86. The van der Waals surface area contributed by atoms with Gasteiger partial charge < -0.3 is 5.32 Å². The summed E-state index contributed by atoms with van der Waals surface area (Å²) in [5.74, 6) is 4.53. The summed E-state index contributed by atoms with van der Waals surface area (Å²) < 4.78 is 0. The maximum absolute atomic E-state index is 3.71. The summed E-state index contributed by atoms with van der Waals surface area (Å²) in [6.07, 6.45) is 7.39. The predicted octanol–water partition coefficient (Wildman–Crippen LogP) is 2.10. The summed E-state index contributed by atoms with van der Waals surface area (Å²) >= 11 is 0. The molecule has 4 rings (SSSR count). The van der Waals surface area contributed by atoms with Crippen LogP contribution in [0.15, 0.2) is 0 Å². The van der Waals surface area contributed by atoms with Crippen molar-refractivity contribution in [1.29, 1.82) is 0 Å². The molecule has 3 saturated carbocycles. The van der Waals surface area contributed by atoms with Gasteiger partial charge in [-0.25, -0.2) is 0 Å². The quantitative estimate of drug-likeness (QED) is 0.787. The SMILES string of the molecule is CCC1CCN(C2C3C4CCC(C4)C32)CCN1. The molecule has 0 spiro atoms. The van der Waals surface area contributed by atoms with E-state index in [9.17, 15) is 0 Å². The third kappa shape index (κ3) is 1.60. The van der Waals surface area contributed by atoms with Crippen LogP contribution >= 0.6 is 0 Å². The van der Waals surface area contributed by atoms with Gasteiger partial charge in [0.05, 0.1) is 0 Å². The molecule has 0 aromatic carbocycles. The molecule has 3 aliphatic carbocycles. The first-order chi connectivity index (χ1) is 8.38. The molecule has 0 aromatic rings. The van der Waals surface area contributed by atoms with Crippen molar-refractivity contribution in [3.63, 3.8) is 0 Å². The summed E-state index contributed by atoms with van der Waals surface area (Å²) in [5.41, 5.74) is 0. The molecule has 4 aliphatic rings. The minimum Gasteiger partial charge on any atom is -0.313 e. The van der Waals surface area contributed by atoms with Gasteiger partial charge in [-0.3, -0.25) is 4.90 Å². The van der Waals surface area contributed by atoms with Crippen LogP contribution in [0.25, 0.3) is 0 Å². The molecule has 4 fully saturated rings. The zero-order chi connectivity index (χ0) is 11.4. The smallest absolute Gasteiger partial charge is 0.0164 e. The van der Waals surface area contributed by atoms with Gasteiger partial charge in [0.1, 0.15) is 0 Å². The molecule has 2 bridgehead atoms. The van der Waals surface area contributed by atoms with E-state index in [0.29, 0.717) is 0 Å². The van der Waals surface area contributed by atoms with Crippen molar-refractivity contribution in [2.45, 2.75) is 51.1 Å². The molecule has 0 aromatic heterocycles. The van der Waals surface area contributed by atoms with Crippen molar-refractivity contribution in [1.82, 2.24) is 10.2 Å². The Balaban J connectivity index is 1.41. The lowest BCUT2D eigenvalue weighted by Gasteiger charge is -2.23. The third-order valence-corrected chi connectivity index (χ3v) is 6.21. The highest BCUT2D eigenvalue weighted by atomic mass is 15.2. The van der Waals surface area contributed by atoms with Gasteiger partial charge in [-0.1, -0.05) is 6.92 Å². The Bertz CT molecular complexity index is 287. The van der Waals surface area contributed by atoms with E-state index >= 15 is 0 Å². The highest BCUT2D eigenvalue weighted by Crippen LogP contribution is 2.67. The van der Waals surface area contributed by atoms with Crippen LogP contribution in [0.4, 0.5) is 0 Å². The summed E-state index contributed by atoms with van der Waals surface area (Å²) in [6.45, 7) is 6.22. The standard InChI is InChI=1S/C15H26N2/c1-2-12-5-7-17(8-6-16-12)15-13-10-3-4-11(9-10)14(13)15/h10-16H,2-9H2,1H3. The first-order valence-electron chi connectivity index (χ1n) is 7.86. The molecule has 0 radical (unpaired) electrons. The zero-order valence-electron chi connectivity index (χ0n) is 11.1. The Hall–Kier alpha value is -0.0800. The van der Waals surface area contributed by atoms with E-state index in [1.165, 1.54) is 32.5 Å². The van der Waals surface area contributed by atoms with Crippen molar-refractivity contribution < 1.29 is 0 Å². The van der Waals surface area contributed by atoms with Gasteiger partial charge in [-0.2, -0.15) is 0 Å². The van der Waals surface area contributed by atoms with E-state index in [1.807, 2.05) is 0 Å². The van der Waals surface area contributed by atoms with Crippen LogP contribution in [0, 0.1) is 23.7 Å². The number of fused-ring (bicyclic) bond motifs is 5. The first kappa shape index (κ1) is 10.8. The van der Waals surface area contributed by atoms with E-state index in [1.54, 1.807) is 19.3 Å². The molecule has 1 saturated heterocycles. The van der Waals surface area contributed by atoms with Gasteiger partial charge >= 0.3 is 0 Å². The van der Waals surface area contributed by atoms with Crippen molar-refractivity contribution >= 4 is 0 Å². The predicted molar refractivity (Wildman–Crippen MR) is 69.9 cm³/mol. The molecule has 5 atom stereocenters. The van der Waals surface area contributed by atoms with Crippen LogP contribution in [0.2, 0.25) is 0 Å². The first-order valence-corrected chi connectivity index (χ1v) is 7.86. The molecule has 1 aliphatic heterocycles. The zero-order valence-corrected chi connectivity index (χ0v) is 11.1. The van der Waals surface area contributed by atoms with Gasteiger partial charge in [-0.15, -0.1) is 0 Å². The number of hydrogen-bond acceptors (Lipinski definition) is 2. The van der Waals surface area contributed by atoms with Crippen LogP contribution in [0.3, 0.4) is 0 Å². The van der Waals surface area contributed by atoms with Crippen LogP contribution in [-0.2, 0) is 0 Å². The second kappa shape index (κ2) is 3.96. The monoisotopic (exact) mass is 234 g/mol. The van der Waals surface area contributed by atoms with E-state index < -0.39 is 0 Å². The third-order valence-electron chi connectivity index (χ3n) is 6.21. The van der Waals surface area contributed by atoms with Crippen LogP contribution in [0.5, 0.6) is 0 Å². The Morgan fingerprint density at radius 1 is 1.06 bits per heavy atom. The lowest BCUT2D eigenvalue weighted by Crippen LogP contribution is -2.33. The molecular formula is C15H26N2. The maximum Gasteiger partial charge on any atom is 0.0164 e. The minimum atomic E-state index is 0.787. The topological polar surface area (TPSA) is 15.3 Å². The summed E-state index contributed by atoms with van der Waals surface area (Å²) in [7, 11) is 0. The number of hydrogen-bond donors (Lipinski definition) is 1. The largest absolute Gasteiger partial charge is 0.313 e. The van der Waals surface area contributed by atoms with Gasteiger partial charge in [0.25, 0.3) is 0 Å². The average Bonchev–Trinajstić information content (AvgIpc) is 2.90. The fourth-order valence-corrected chi connectivity index (χ4v) is 5.36. The van der Waals surface area contributed by atoms with Crippen molar-refractivity contribution in [3.8, 4) is 0 Å². The van der Waals surface area contributed by atoms with Gasteiger partial charge in [0.15, 0.2) is 0 Å². The van der Waals surface area contributed by atoms with Crippen molar-refractivity contribution in [2.24, 2.45) is 23.7 Å². The summed E-state index contributed by atoms with van der Waals surface area (Å²) in [4.78, 5) is 2.85. The highest BCUT2D eigenvalue weighted by molar-refractivity contribution is 5.17. The van der Waals surface area contributed by atoms with E-state index in [-0.39, 0.29) is 0 Å². The summed E-state index contributed by atoms with van der Waals surface area (Å²) in [5, 5.41) is 3.71. The van der Waals surface area contributed by atoms with Crippen molar-refractivity contribution in [2.75, 3.05) is 19.6 Å². The van der Waals surface area contributed by atoms with E-state index in [0.717, 1.165) is 35.8 Å². The Morgan fingerprint density at radius 2 is 1.82 bits per heavy atom. The molecule has 2 heteroatoms. The Kier molecular flexibility index (Phi) is 2.52. The molecule has 0 amide bonds. The lowest BCUT2D eigenvalue weighted by molar-refractivity contribution is 0.231. The number of nitrogens with zero attached hydrogens (tertiary/aromatic N) is 1. The molecule has 17 heavy (non-hydrogen) atoms. The van der Waals surface area contributed by atoms with Gasteiger partial charge in [0.2, 0.25) is 0 Å². The molecule has 1 N–H and O–H groups in total. The average molecular weight is 234 g/mol. The van der Waals surface area contributed by atoms with Gasteiger partial charge in [-0.05, 0) is 62.3 Å². The van der Waals surface area contributed by atoms with E-state index in [2.05, 4.69) is 17.1 Å².